The van der Waals surface area contributed by atoms with Crippen molar-refractivity contribution in [2.75, 3.05) is 11.9 Å². The molecule has 0 radical (unpaired) electrons. The van der Waals surface area contributed by atoms with E-state index in [1.165, 1.54) is 25.7 Å². The molecule has 0 saturated heterocycles. The molecule has 0 aliphatic heterocycles. The van der Waals surface area contributed by atoms with Crippen LogP contribution < -0.4 is 5.32 Å². The van der Waals surface area contributed by atoms with Crippen molar-refractivity contribution in [1.82, 2.24) is 0 Å². The Morgan fingerprint density at radius 2 is 1.86 bits per heavy atom. The van der Waals surface area contributed by atoms with Crippen LogP contribution in [-0.2, 0) is 9.53 Å². The van der Waals surface area contributed by atoms with Gasteiger partial charge < -0.3 is 10.1 Å². The summed E-state index contributed by atoms with van der Waals surface area (Å²) in [5.41, 5.74) is 0.918. The molecule has 116 valence electrons. The molecular formula is C17H24ClNO2. The van der Waals surface area contributed by atoms with Gasteiger partial charge in [-0.3, -0.25) is 0 Å². The van der Waals surface area contributed by atoms with Gasteiger partial charge in [0, 0.05) is 10.7 Å². The van der Waals surface area contributed by atoms with Crippen LogP contribution in [0.3, 0.4) is 0 Å². The fourth-order valence-electron chi connectivity index (χ4n) is 2.97. The number of esters is 1. The van der Waals surface area contributed by atoms with Gasteiger partial charge in [0.05, 0.1) is 6.61 Å². The molecule has 0 amide bonds. The van der Waals surface area contributed by atoms with Crippen LogP contribution in [0.2, 0.25) is 5.02 Å². The van der Waals surface area contributed by atoms with Crippen LogP contribution in [0.1, 0.15) is 45.4 Å². The van der Waals surface area contributed by atoms with E-state index in [2.05, 4.69) is 5.32 Å². The van der Waals surface area contributed by atoms with Gasteiger partial charge in [0.2, 0.25) is 0 Å². The Balaban J connectivity index is 2.10. The first-order valence-corrected chi connectivity index (χ1v) is 8.27. The molecule has 1 saturated carbocycles. The molecule has 1 N–H and O–H groups in total. The van der Waals surface area contributed by atoms with Gasteiger partial charge in [-0.25, -0.2) is 4.79 Å². The lowest BCUT2D eigenvalue weighted by molar-refractivity contribution is -0.145. The maximum absolute atomic E-state index is 12.3. The second-order valence-corrected chi connectivity index (χ2v) is 6.07. The minimum absolute atomic E-state index is 0.139. The second kappa shape index (κ2) is 8.28. The van der Waals surface area contributed by atoms with Gasteiger partial charge in [-0.1, -0.05) is 37.3 Å². The summed E-state index contributed by atoms with van der Waals surface area (Å²) in [6.45, 7) is 2.27. The molecule has 2 rings (SSSR count). The van der Waals surface area contributed by atoms with Crippen LogP contribution in [0.15, 0.2) is 24.3 Å². The first-order chi connectivity index (χ1) is 10.2. The van der Waals surface area contributed by atoms with E-state index < -0.39 is 0 Å². The summed E-state index contributed by atoms with van der Waals surface area (Å²) >= 11 is 5.91. The Morgan fingerprint density at radius 1 is 1.24 bits per heavy atom. The smallest absolute Gasteiger partial charge is 0.328 e. The highest BCUT2D eigenvalue weighted by Crippen LogP contribution is 2.28. The Hall–Kier alpha value is -1.22. The van der Waals surface area contributed by atoms with Crippen molar-refractivity contribution in [2.24, 2.45) is 5.92 Å². The lowest BCUT2D eigenvalue weighted by atomic mass is 9.91. The van der Waals surface area contributed by atoms with Gasteiger partial charge in [0.1, 0.15) is 6.04 Å². The summed E-state index contributed by atoms with van der Waals surface area (Å²) in [6, 6.07) is 7.22. The van der Waals surface area contributed by atoms with E-state index in [0.29, 0.717) is 17.5 Å². The zero-order valence-electron chi connectivity index (χ0n) is 12.6. The summed E-state index contributed by atoms with van der Waals surface area (Å²) in [5.74, 6) is 0.210. The zero-order chi connectivity index (χ0) is 15.1. The fourth-order valence-corrected chi connectivity index (χ4v) is 3.10. The second-order valence-electron chi connectivity index (χ2n) is 5.63. The molecule has 1 aliphatic carbocycles. The third-order valence-electron chi connectivity index (χ3n) is 4.08. The molecule has 21 heavy (non-hydrogen) atoms. The van der Waals surface area contributed by atoms with E-state index in [9.17, 15) is 4.79 Å². The van der Waals surface area contributed by atoms with Crippen molar-refractivity contribution in [2.45, 2.75) is 51.5 Å². The van der Waals surface area contributed by atoms with Gasteiger partial charge >= 0.3 is 5.97 Å². The van der Waals surface area contributed by atoms with Crippen LogP contribution in [0.4, 0.5) is 5.69 Å². The van der Waals surface area contributed by atoms with E-state index in [4.69, 9.17) is 16.3 Å². The lowest BCUT2D eigenvalue weighted by Gasteiger charge is -2.26. The Kier molecular flexibility index (Phi) is 6.37. The van der Waals surface area contributed by atoms with Crippen LogP contribution >= 0.6 is 11.6 Å². The molecule has 1 atom stereocenters. The van der Waals surface area contributed by atoms with Gasteiger partial charge in [0.25, 0.3) is 0 Å². The van der Waals surface area contributed by atoms with E-state index in [0.717, 1.165) is 18.5 Å². The van der Waals surface area contributed by atoms with Gasteiger partial charge in [-0.05, 0) is 49.9 Å². The molecule has 0 spiro atoms. The summed E-state index contributed by atoms with van der Waals surface area (Å²) in [6.07, 6.45) is 7.11. The maximum atomic E-state index is 12.3. The first kappa shape index (κ1) is 16.2. The zero-order valence-corrected chi connectivity index (χ0v) is 13.4. The number of benzene rings is 1. The van der Waals surface area contributed by atoms with E-state index in [1.807, 2.05) is 31.2 Å². The SMILES string of the molecule is CCOC(=O)C(Nc1ccc(Cl)cc1)C1CCCCCC1. The van der Waals surface area contributed by atoms with Gasteiger partial charge in [0.15, 0.2) is 0 Å². The number of anilines is 1. The molecule has 1 fully saturated rings. The normalized spacial score (nSPS) is 17.8. The Bertz CT molecular complexity index is 439. The number of carbonyl (C=O) groups is 1. The quantitative estimate of drug-likeness (QED) is 0.635. The van der Waals surface area contributed by atoms with E-state index in [1.54, 1.807) is 0 Å². The molecule has 0 bridgehead atoms. The third-order valence-corrected chi connectivity index (χ3v) is 4.33. The molecule has 1 aromatic rings. The lowest BCUT2D eigenvalue weighted by Crippen LogP contribution is -2.38. The number of hydrogen-bond acceptors (Lipinski definition) is 3. The van der Waals surface area contributed by atoms with Gasteiger partial charge in [-0.2, -0.15) is 0 Å². The topological polar surface area (TPSA) is 38.3 Å². The molecule has 4 heteroatoms. The van der Waals surface area contributed by atoms with E-state index >= 15 is 0 Å². The average molecular weight is 310 g/mol. The fraction of sp³-hybridized carbons (Fsp3) is 0.588. The molecule has 1 aliphatic rings. The third kappa shape index (κ3) is 4.92. The standard InChI is InChI=1S/C17H24ClNO2/c1-2-21-17(20)16(13-7-5-3-4-6-8-13)19-15-11-9-14(18)10-12-15/h9-13,16,19H,2-8H2,1H3. The summed E-state index contributed by atoms with van der Waals surface area (Å²) in [5, 5.41) is 4.05. The predicted octanol–water partition coefficient (Wildman–Crippen LogP) is 4.65. The van der Waals surface area contributed by atoms with Crippen LogP contribution in [0.25, 0.3) is 0 Å². The Morgan fingerprint density at radius 3 is 2.43 bits per heavy atom. The minimum Gasteiger partial charge on any atom is -0.464 e. The number of carbonyl (C=O) groups excluding carboxylic acids is 1. The molecule has 0 heterocycles. The van der Waals surface area contributed by atoms with Gasteiger partial charge in [-0.15, -0.1) is 0 Å². The van der Waals surface area contributed by atoms with Crippen molar-refractivity contribution in [3.05, 3.63) is 29.3 Å². The van der Waals surface area contributed by atoms with Crippen LogP contribution in [-0.4, -0.2) is 18.6 Å². The number of nitrogens with one attached hydrogen (secondary N) is 1. The number of ether oxygens (including phenoxy) is 1. The largest absolute Gasteiger partial charge is 0.464 e. The number of halogens is 1. The molecule has 1 aromatic carbocycles. The van der Waals surface area contributed by atoms with Crippen LogP contribution in [0, 0.1) is 5.92 Å². The van der Waals surface area contributed by atoms with Crippen molar-refractivity contribution in [3.63, 3.8) is 0 Å². The average Bonchev–Trinajstić information content (AvgIpc) is 2.76. The van der Waals surface area contributed by atoms with Crippen molar-refractivity contribution in [3.8, 4) is 0 Å². The highest BCUT2D eigenvalue weighted by atomic mass is 35.5. The Labute approximate surface area is 132 Å². The summed E-state index contributed by atoms with van der Waals surface area (Å²) in [7, 11) is 0. The maximum Gasteiger partial charge on any atom is 0.328 e. The number of rotatable bonds is 5. The van der Waals surface area contributed by atoms with E-state index in [-0.39, 0.29) is 12.0 Å². The molecule has 3 nitrogen and oxygen atoms in total. The predicted molar refractivity (Wildman–Crippen MR) is 86.7 cm³/mol. The van der Waals surface area contributed by atoms with Crippen molar-refractivity contribution in [1.29, 1.82) is 0 Å². The monoisotopic (exact) mass is 309 g/mol. The minimum atomic E-state index is -0.260. The van der Waals surface area contributed by atoms with Crippen LogP contribution in [0.5, 0.6) is 0 Å². The highest BCUT2D eigenvalue weighted by Gasteiger charge is 2.29. The molecule has 0 aromatic heterocycles. The highest BCUT2D eigenvalue weighted by molar-refractivity contribution is 6.30. The van der Waals surface area contributed by atoms with Crippen molar-refractivity contribution >= 4 is 23.3 Å². The number of hydrogen-bond donors (Lipinski definition) is 1. The molecular weight excluding hydrogens is 286 g/mol. The molecule has 1 unspecified atom stereocenters. The first-order valence-electron chi connectivity index (χ1n) is 7.89. The summed E-state index contributed by atoms with van der Waals surface area (Å²) in [4.78, 5) is 12.3. The van der Waals surface area contributed by atoms with Crippen molar-refractivity contribution < 1.29 is 9.53 Å². The summed E-state index contributed by atoms with van der Waals surface area (Å²) < 4.78 is 5.27.